The Labute approximate surface area is 185 Å². The van der Waals surface area contributed by atoms with Gasteiger partial charge in [0.2, 0.25) is 5.91 Å². The fourth-order valence-corrected chi connectivity index (χ4v) is 3.74. The lowest BCUT2D eigenvalue weighted by Gasteiger charge is -2.20. The Morgan fingerprint density at radius 3 is 2.72 bits per heavy atom. The third-order valence-corrected chi connectivity index (χ3v) is 5.28. The summed E-state index contributed by atoms with van der Waals surface area (Å²) >= 11 is 0. The van der Waals surface area contributed by atoms with E-state index in [9.17, 15) is 19.6 Å². The van der Waals surface area contributed by atoms with Crippen molar-refractivity contribution in [3.8, 4) is 11.8 Å². The number of fused-ring (bicyclic) bond motifs is 1. The quantitative estimate of drug-likeness (QED) is 0.419. The lowest BCUT2D eigenvalue weighted by Crippen LogP contribution is -2.42. The first-order valence-corrected chi connectivity index (χ1v) is 10.4. The molecule has 9 heteroatoms. The van der Waals surface area contributed by atoms with Crippen LogP contribution in [-0.4, -0.2) is 39.4 Å². The van der Waals surface area contributed by atoms with Crippen molar-refractivity contribution in [2.24, 2.45) is 11.8 Å². The van der Waals surface area contributed by atoms with Crippen molar-refractivity contribution in [2.75, 3.05) is 7.11 Å². The lowest BCUT2D eigenvalue weighted by atomic mass is 9.90. The van der Waals surface area contributed by atoms with Gasteiger partial charge in [-0.1, -0.05) is 19.9 Å². The number of H-pyrrole nitrogens is 2. The number of Topliss-reactive ketones (excluding diaryl/α,β-unsaturated/α-hetero) is 1. The van der Waals surface area contributed by atoms with Crippen LogP contribution < -0.4 is 15.7 Å². The van der Waals surface area contributed by atoms with Gasteiger partial charge in [-0.25, -0.2) is 4.79 Å². The van der Waals surface area contributed by atoms with Gasteiger partial charge in [-0.15, -0.1) is 0 Å². The minimum absolute atomic E-state index is 0.00139. The highest BCUT2D eigenvalue weighted by molar-refractivity contribution is 6.02. The number of hydrogen-bond donors (Lipinski definition) is 3. The number of aromatic amines is 2. The minimum Gasteiger partial charge on any atom is -0.496 e. The number of benzene rings is 1. The van der Waals surface area contributed by atoms with Crippen LogP contribution in [0.2, 0.25) is 0 Å². The number of methoxy groups -OCH3 is 1. The van der Waals surface area contributed by atoms with E-state index in [1.165, 1.54) is 17.0 Å². The Balaban J connectivity index is 1.74. The summed E-state index contributed by atoms with van der Waals surface area (Å²) in [6.45, 7) is 3.97. The van der Waals surface area contributed by atoms with Gasteiger partial charge < -0.3 is 20.0 Å². The summed E-state index contributed by atoms with van der Waals surface area (Å²) in [6, 6.07) is 8.36. The van der Waals surface area contributed by atoms with E-state index in [0.717, 1.165) is 10.9 Å². The molecule has 0 saturated carbocycles. The van der Waals surface area contributed by atoms with E-state index in [0.29, 0.717) is 17.9 Å². The van der Waals surface area contributed by atoms with Crippen LogP contribution in [0, 0.1) is 23.2 Å². The second-order valence-electron chi connectivity index (χ2n) is 8.17. The van der Waals surface area contributed by atoms with E-state index in [1.807, 2.05) is 38.1 Å². The molecule has 2 atom stereocenters. The number of nitrogens with zero attached hydrogens (tertiary/aromatic N) is 2. The summed E-state index contributed by atoms with van der Waals surface area (Å²) < 4.78 is 6.66. The van der Waals surface area contributed by atoms with Crippen molar-refractivity contribution in [1.82, 2.24) is 19.9 Å². The normalized spacial score (nSPS) is 13.0. The molecule has 0 bridgehead atoms. The zero-order chi connectivity index (χ0) is 23.3. The van der Waals surface area contributed by atoms with E-state index in [4.69, 9.17) is 4.74 Å². The van der Waals surface area contributed by atoms with Crippen LogP contribution in [0.25, 0.3) is 10.9 Å². The molecule has 2 aromatic heterocycles. The van der Waals surface area contributed by atoms with Crippen molar-refractivity contribution in [3.63, 3.8) is 0 Å². The van der Waals surface area contributed by atoms with Gasteiger partial charge in [0.15, 0.2) is 5.78 Å². The van der Waals surface area contributed by atoms with Gasteiger partial charge in [-0.2, -0.15) is 5.26 Å². The van der Waals surface area contributed by atoms with E-state index in [2.05, 4.69) is 15.3 Å². The zero-order valence-corrected chi connectivity index (χ0v) is 18.3. The molecule has 2 unspecified atom stereocenters. The van der Waals surface area contributed by atoms with Crippen molar-refractivity contribution >= 4 is 22.6 Å². The van der Waals surface area contributed by atoms with Gasteiger partial charge in [0.25, 0.3) is 0 Å². The molecular formula is C23H27N5O4. The fourth-order valence-electron chi connectivity index (χ4n) is 3.74. The number of nitriles is 1. The molecular weight excluding hydrogens is 410 g/mol. The Morgan fingerprint density at radius 2 is 2.09 bits per heavy atom. The van der Waals surface area contributed by atoms with E-state index >= 15 is 0 Å². The topological polar surface area (TPSA) is 133 Å². The Morgan fingerprint density at radius 1 is 1.31 bits per heavy atom. The predicted octanol–water partition coefficient (Wildman–Crippen LogP) is 2.61. The molecule has 0 radical (unpaired) electrons. The summed E-state index contributed by atoms with van der Waals surface area (Å²) in [5, 5.41) is 12.9. The summed E-state index contributed by atoms with van der Waals surface area (Å²) in [5.41, 5.74) is 0.823. The molecule has 1 aromatic carbocycles. The standard InChI is InChI=1S/C23H27N5O4/c1-14(2)9-15(22(30)26-16(12-24)13-28-8-7-25-23(28)31)10-20(29)19-11-17-18(27-19)5-4-6-21(17)32-3/h4-8,11,14-16,27H,9-10,13H2,1-3H3,(H,25,31)(H,26,30). The van der Waals surface area contributed by atoms with E-state index < -0.39 is 12.0 Å². The monoisotopic (exact) mass is 437 g/mol. The van der Waals surface area contributed by atoms with Crippen molar-refractivity contribution in [1.29, 1.82) is 5.26 Å². The highest BCUT2D eigenvalue weighted by Gasteiger charge is 2.26. The molecule has 1 amide bonds. The highest BCUT2D eigenvalue weighted by atomic mass is 16.5. The van der Waals surface area contributed by atoms with Crippen LogP contribution in [0.15, 0.2) is 41.5 Å². The zero-order valence-electron chi connectivity index (χ0n) is 18.3. The number of amides is 1. The second kappa shape index (κ2) is 10.0. The Hall–Kier alpha value is -3.80. The van der Waals surface area contributed by atoms with E-state index in [-0.39, 0.29) is 36.3 Å². The average Bonchev–Trinajstić information content (AvgIpc) is 3.38. The summed E-state index contributed by atoms with van der Waals surface area (Å²) in [7, 11) is 1.57. The molecule has 3 rings (SSSR count). The number of ether oxygens (including phenoxy) is 1. The van der Waals surface area contributed by atoms with Gasteiger partial charge in [0.05, 0.1) is 25.4 Å². The van der Waals surface area contributed by atoms with E-state index in [1.54, 1.807) is 13.2 Å². The maximum Gasteiger partial charge on any atom is 0.325 e. The molecule has 3 N–H and O–H groups in total. The number of carbonyl (C=O) groups is 2. The van der Waals surface area contributed by atoms with Crippen LogP contribution in [0.5, 0.6) is 5.75 Å². The van der Waals surface area contributed by atoms with Crippen molar-refractivity contribution in [2.45, 2.75) is 39.3 Å². The number of hydrogen-bond acceptors (Lipinski definition) is 5. The number of aromatic nitrogens is 3. The molecule has 3 aromatic rings. The third-order valence-electron chi connectivity index (χ3n) is 5.28. The maximum absolute atomic E-state index is 13.0. The van der Waals surface area contributed by atoms with Crippen LogP contribution in [0.4, 0.5) is 0 Å². The lowest BCUT2D eigenvalue weighted by molar-refractivity contribution is -0.125. The average molecular weight is 438 g/mol. The van der Waals surface area contributed by atoms with Gasteiger partial charge in [0, 0.05) is 35.6 Å². The van der Waals surface area contributed by atoms with Crippen LogP contribution >= 0.6 is 0 Å². The largest absolute Gasteiger partial charge is 0.496 e. The first-order valence-electron chi connectivity index (χ1n) is 10.4. The molecule has 9 nitrogen and oxygen atoms in total. The smallest absolute Gasteiger partial charge is 0.325 e. The van der Waals surface area contributed by atoms with Gasteiger partial charge in [0.1, 0.15) is 11.8 Å². The fraction of sp³-hybridized carbons (Fsp3) is 0.391. The molecule has 0 fully saturated rings. The molecule has 0 aliphatic rings. The van der Waals surface area contributed by atoms with Crippen molar-refractivity contribution < 1.29 is 14.3 Å². The summed E-state index contributed by atoms with van der Waals surface area (Å²) in [6.07, 6.45) is 3.47. The Kier molecular flexibility index (Phi) is 7.15. The van der Waals surface area contributed by atoms with Crippen LogP contribution in [-0.2, 0) is 11.3 Å². The molecule has 0 aliphatic carbocycles. The first kappa shape index (κ1) is 22.9. The van der Waals surface area contributed by atoms with Crippen LogP contribution in [0.3, 0.4) is 0 Å². The summed E-state index contributed by atoms with van der Waals surface area (Å²) in [4.78, 5) is 43.2. The summed E-state index contributed by atoms with van der Waals surface area (Å²) in [5.74, 6) is -0.342. The number of carbonyl (C=O) groups excluding carboxylic acids is 2. The number of imidazole rings is 1. The number of rotatable bonds is 10. The molecule has 0 spiro atoms. The molecule has 168 valence electrons. The molecule has 0 aliphatic heterocycles. The Bertz CT molecular complexity index is 1200. The number of ketones is 1. The minimum atomic E-state index is -0.891. The molecule has 0 saturated heterocycles. The van der Waals surface area contributed by atoms with Gasteiger partial charge in [-0.3, -0.25) is 14.2 Å². The van der Waals surface area contributed by atoms with Gasteiger partial charge >= 0.3 is 5.69 Å². The van der Waals surface area contributed by atoms with Gasteiger partial charge in [-0.05, 0) is 30.5 Å². The number of nitrogens with one attached hydrogen (secondary N) is 3. The third kappa shape index (κ3) is 5.27. The molecule has 2 heterocycles. The second-order valence-corrected chi connectivity index (χ2v) is 8.17. The highest BCUT2D eigenvalue weighted by Crippen LogP contribution is 2.27. The predicted molar refractivity (Wildman–Crippen MR) is 119 cm³/mol. The SMILES string of the molecule is COc1cccc2[nH]c(C(=O)CC(CC(C)C)C(=O)NC(C#N)Cn3cc[nH]c3=O)cc12. The first-order chi connectivity index (χ1) is 15.3. The van der Waals surface area contributed by atoms with Crippen molar-refractivity contribution in [3.05, 3.63) is 52.8 Å². The molecule has 32 heavy (non-hydrogen) atoms. The van der Waals surface area contributed by atoms with Crippen LogP contribution in [0.1, 0.15) is 37.2 Å². The maximum atomic E-state index is 13.0.